The lowest BCUT2D eigenvalue weighted by atomic mass is 9.97. The molecule has 16 heavy (non-hydrogen) atoms. The van der Waals surface area contributed by atoms with Crippen molar-refractivity contribution in [3.63, 3.8) is 0 Å². The number of likely N-dealkylation sites (tertiary alicyclic amines) is 1. The molecular formula is C11H17F2NO2. The number of piperidine rings is 1. The van der Waals surface area contributed by atoms with E-state index in [9.17, 15) is 13.6 Å². The number of alkyl halides is 2. The number of carbonyl (C=O) groups is 1. The van der Waals surface area contributed by atoms with Gasteiger partial charge in [0.15, 0.2) is 0 Å². The molecule has 0 aromatic heterocycles. The van der Waals surface area contributed by atoms with Crippen LogP contribution in [0.2, 0.25) is 0 Å². The monoisotopic (exact) mass is 233 g/mol. The minimum atomic E-state index is -2.65. The molecule has 3 nitrogen and oxygen atoms in total. The van der Waals surface area contributed by atoms with E-state index >= 15 is 0 Å². The molecule has 1 aliphatic heterocycles. The number of rotatable bonds is 3. The van der Waals surface area contributed by atoms with Gasteiger partial charge in [0.05, 0.1) is 6.54 Å². The number of halogens is 2. The highest BCUT2D eigenvalue weighted by atomic mass is 19.3. The number of hydrogen-bond acceptors (Lipinski definition) is 2. The molecule has 92 valence electrons. The molecule has 1 fully saturated rings. The Morgan fingerprint density at radius 2 is 2.19 bits per heavy atom. The van der Waals surface area contributed by atoms with Gasteiger partial charge >= 0.3 is 5.97 Å². The summed E-state index contributed by atoms with van der Waals surface area (Å²) in [6.45, 7) is 3.38. The van der Waals surface area contributed by atoms with Gasteiger partial charge in [-0.3, -0.25) is 4.90 Å². The molecule has 0 bridgehead atoms. The van der Waals surface area contributed by atoms with Crippen LogP contribution in [0.4, 0.5) is 8.78 Å². The molecule has 1 rings (SSSR count). The topological polar surface area (TPSA) is 40.5 Å². The minimum Gasteiger partial charge on any atom is -0.478 e. The van der Waals surface area contributed by atoms with Crippen molar-refractivity contribution in [1.29, 1.82) is 0 Å². The number of hydrogen-bond donors (Lipinski definition) is 1. The van der Waals surface area contributed by atoms with Gasteiger partial charge in [-0.05, 0) is 20.3 Å². The molecular weight excluding hydrogens is 216 g/mol. The second-order valence-corrected chi connectivity index (χ2v) is 4.43. The maximum absolute atomic E-state index is 13.2. The van der Waals surface area contributed by atoms with E-state index in [0.717, 1.165) is 6.08 Å². The first-order chi connectivity index (χ1) is 7.32. The molecule has 0 aliphatic carbocycles. The highest BCUT2D eigenvalue weighted by Crippen LogP contribution is 2.31. The third kappa shape index (κ3) is 3.56. The maximum Gasteiger partial charge on any atom is 0.328 e. The van der Waals surface area contributed by atoms with Crippen molar-refractivity contribution in [3.05, 3.63) is 12.2 Å². The van der Waals surface area contributed by atoms with Crippen molar-refractivity contribution in [2.75, 3.05) is 6.54 Å². The highest BCUT2D eigenvalue weighted by molar-refractivity contribution is 5.79. The Morgan fingerprint density at radius 1 is 1.56 bits per heavy atom. The van der Waals surface area contributed by atoms with E-state index in [1.54, 1.807) is 4.90 Å². The normalized spacial score (nSPS) is 26.4. The van der Waals surface area contributed by atoms with E-state index in [-0.39, 0.29) is 25.0 Å². The van der Waals surface area contributed by atoms with Crippen LogP contribution in [0.5, 0.6) is 0 Å². The van der Waals surface area contributed by atoms with Crippen molar-refractivity contribution < 1.29 is 18.7 Å². The quantitative estimate of drug-likeness (QED) is 0.759. The van der Waals surface area contributed by atoms with Crippen LogP contribution < -0.4 is 0 Å². The first-order valence-electron chi connectivity index (χ1n) is 5.36. The van der Waals surface area contributed by atoms with Gasteiger partial charge in [0.2, 0.25) is 0 Å². The van der Waals surface area contributed by atoms with Crippen LogP contribution in [0.15, 0.2) is 12.2 Å². The zero-order valence-corrected chi connectivity index (χ0v) is 9.49. The van der Waals surface area contributed by atoms with Crippen LogP contribution in [0.1, 0.15) is 26.7 Å². The van der Waals surface area contributed by atoms with Gasteiger partial charge in [-0.2, -0.15) is 0 Å². The van der Waals surface area contributed by atoms with Gasteiger partial charge in [-0.15, -0.1) is 0 Å². The summed E-state index contributed by atoms with van der Waals surface area (Å²) in [6, 6.07) is -0.217. The van der Waals surface area contributed by atoms with Crippen LogP contribution in [-0.2, 0) is 4.79 Å². The molecule has 5 heteroatoms. The Morgan fingerprint density at radius 3 is 2.69 bits per heavy atom. The van der Waals surface area contributed by atoms with Crippen molar-refractivity contribution in [2.24, 2.45) is 0 Å². The Labute approximate surface area is 93.7 Å². The van der Waals surface area contributed by atoms with E-state index in [1.165, 1.54) is 6.08 Å². The van der Waals surface area contributed by atoms with Gasteiger partial charge < -0.3 is 5.11 Å². The van der Waals surface area contributed by atoms with Crippen LogP contribution in [0.3, 0.4) is 0 Å². The number of aliphatic carboxylic acids is 1. The largest absolute Gasteiger partial charge is 0.478 e. The van der Waals surface area contributed by atoms with Crippen molar-refractivity contribution >= 4 is 5.97 Å². The average molecular weight is 233 g/mol. The Hall–Kier alpha value is -0.970. The molecule has 0 spiro atoms. The summed E-state index contributed by atoms with van der Waals surface area (Å²) in [5.74, 6) is -3.70. The van der Waals surface area contributed by atoms with E-state index in [1.807, 2.05) is 13.8 Å². The zero-order valence-electron chi connectivity index (χ0n) is 9.49. The fourth-order valence-electron chi connectivity index (χ4n) is 1.95. The third-order valence-corrected chi connectivity index (χ3v) is 2.77. The smallest absolute Gasteiger partial charge is 0.328 e. The van der Waals surface area contributed by atoms with E-state index < -0.39 is 11.9 Å². The molecule has 1 N–H and O–H groups in total. The molecule has 1 heterocycles. The predicted octanol–water partition coefficient (Wildman–Crippen LogP) is 2.14. The van der Waals surface area contributed by atoms with Crippen LogP contribution in [0.25, 0.3) is 0 Å². The summed E-state index contributed by atoms with van der Waals surface area (Å²) in [4.78, 5) is 12.0. The van der Waals surface area contributed by atoms with E-state index in [0.29, 0.717) is 6.42 Å². The Kier molecular flexibility index (Phi) is 4.02. The molecule has 1 aliphatic rings. The molecule has 1 atom stereocenters. The number of carboxylic acid groups (broad SMARTS) is 1. The highest BCUT2D eigenvalue weighted by Gasteiger charge is 2.39. The summed E-state index contributed by atoms with van der Waals surface area (Å²) < 4.78 is 26.4. The molecule has 1 saturated heterocycles. The predicted molar refractivity (Wildman–Crippen MR) is 56.6 cm³/mol. The molecule has 0 amide bonds. The molecule has 0 saturated carbocycles. The van der Waals surface area contributed by atoms with Crippen LogP contribution >= 0.6 is 0 Å². The number of carboxylic acids is 1. The van der Waals surface area contributed by atoms with Crippen LogP contribution in [-0.4, -0.2) is 40.5 Å². The van der Waals surface area contributed by atoms with Gasteiger partial charge in [0.25, 0.3) is 5.92 Å². The first kappa shape index (κ1) is 13.1. The van der Waals surface area contributed by atoms with E-state index in [2.05, 4.69) is 0 Å². The number of nitrogens with zero attached hydrogens (tertiary/aromatic N) is 1. The fraction of sp³-hybridized carbons (Fsp3) is 0.727. The lowest BCUT2D eigenvalue weighted by molar-refractivity contribution is -0.131. The lowest BCUT2D eigenvalue weighted by Crippen LogP contribution is -2.50. The molecule has 0 aromatic carbocycles. The molecule has 0 aromatic rings. The van der Waals surface area contributed by atoms with Gasteiger partial charge in [-0.1, -0.05) is 6.08 Å². The van der Waals surface area contributed by atoms with Crippen LogP contribution in [0, 0.1) is 0 Å². The first-order valence-corrected chi connectivity index (χ1v) is 5.36. The average Bonchev–Trinajstić information content (AvgIpc) is 2.14. The van der Waals surface area contributed by atoms with Gasteiger partial charge in [0, 0.05) is 24.6 Å². The Bertz CT molecular complexity index is 290. The maximum atomic E-state index is 13.2. The third-order valence-electron chi connectivity index (χ3n) is 2.77. The van der Waals surface area contributed by atoms with Crippen molar-refractivity contribution in [1.82, 2.24) is 4.90 Å². The van der Waals surface area contributed by atoms with Crippen molar-refractivity contribution in [3.8, 4) is 0 Å². The Balaban J connectivity index is 2.73. The van der Waals surface area contributed by atoms with Gasteiger partial charge in [-0.25, -0.2) is 13.6 Å². The lowest BCUT2D eigenvalue weighted by Gasteiger charge is -2.40. The fourth-order valence-corrected chi connectivity index (χ4v) is 1.95. The van der Waals surface area contributed by atoms with Gasteiger partial charge in [0.1, 0.15) is 0 Å². The summed E-state index contributed by atoms with van der Waals surface area (Å²) in [5, 5.41) is 8.52. The summed E-state index contributed by atoms with van der Waals surface area (Å²) >= 11 is 0. The minimum absolute atomic E-state index is 0.0189. The molecule has 0 radical (unpaired) electrons. The second-order valence-electron chi connectivity index (χ2n) is 4.43. The second kappa shape index (κ2) is 4.91. The summed E-state index contributed by atoms with van der Waals surface area (Å²) in [6.07, 6.45) is 2.65. The molecule has 1 unspecified atom stereocenters. The van der Waals surface area contributed by atoms with Crippen molar-refractivity contribution in [2.45, 2.75) is 44.7 Å². The summed E-state index contributed by atoms with van der Waals surface area (Å²) in [7, 11) is 0. The van der Waals surface area contributed by atoms with E-state index in [4.69, 9.17) is 5.11 Å². The SMILES string of the molecule is CC(C)N1CC(F)(F)CCC1/C=C/C(=O)O. The standard InChI is InChI=1S/C11H17F2NO2/c1-8(2)14-7-11(12,13)6-5-9(14)3-4-10(15)16/h3-4,8-9H,5-7H2,1-2H3,(H,15,16)/b4-3+. The zero-order chi connectivity index (χ0) is 12.3. The summed E-state index contributed by atoms with van der Waals surface area (Å²) in [5.41, 5.74) is 0.